The predicted molar refractivity (Wildman–Crippen MR) is 106 cm³/mol. The maximum Gasteiger partial charge on any atom is 0.335 e. The van der Waals surface area contributed by atoms with Crippen LogP contribution < -0.4 is 10.1 Å². The van der Waals surface area contributed by atoms with E-state index < -0.39 is 23.9 Å². The first-order valence-electron chi connectivity index (χ1n) is 9.10. The van der Waals surface area contributed by atoms with E-state index in [0.717, 1.165) is 11.1 Å². The van der Waals surface area contributed by atoms with Crippen molar-refractivity contribution in [2.75, 3.05) is 0 Å². The van der Waals surface area contributed by atoms with E-state index in [-0.39, 0.29) is 17.0 Å². The van der Waals surface area contributed by atoms with Gasteiger partial charge in [-0.15, -0.1) is 0 Å². The molecule has 2 aromatic carbocycles. The van der Waals surface area contributed by atoms with Crippen LogP contribution in [0.3, 0.4) is 0 Å². The van der Waals surface area contributed by atoms with Crippen molar-refractivity contribution in [2.45, 2.75) is 40.2 Å². The van der Waals surface area contributed by atoms with Crippen molar-refractivity contribution in [3.8, 4) is 5.75 Å². The van der Waals surface area contributed by atoms with E-state index in [2.05, 4.69) is 5.32 Å². The number of aromatic carboxylic acids is 1. The summed E-state index contributed by atoms with van der Waals surface area (Å²) in [5.41, 5.74) is 2.32. The van der Waals surface area contributed by atoms with Gasteiger partial charge in [0.1, 0.15) is 11.8 Å². The minimum atomic E-state index is -1.07. The van der Waals surface area contributed by atoms with Crippen LogP contribution in [0.15, 0.2) is 42.5 Å². The van der Waals surface area contributed by atoms with Crippen LogP contribution in [0.1, 0.15) is 52.1 Å². The van der Waals surface area contributed by atoms with Gasteiger partial charge < -0.3 is 15.2 Å². The van der Waals surface area contributed by atoms with Crippen LogP contribution in [0.5, 0.6) is 5.75 Å². The first kappa shape index (κ1) is 21.2. The van der Waals surface area contributed by atoms with Crippen molar-refractivity contribution in [1.82, 2.24) is 5.32 Å². The largest absolute Gasteiger partial charge is 0.478 e. The maximum absolute atomic E-state index is 12.7. The Morgan fingerprint density at radius 2 is 1.50 bits per heavy atom. The Bertz CT molecular complexity index is 851. The molecule has 0 spiro atoms. The summed E-state index contributed by atoms with van der Waals surface area (Å²) in [5, 5.41) is 11.7. The van der Waals surface area contributed by atoms with E-state index in [4.69, 9.17) is 9.84 Å². The number of aryl methyl sites for hydroxylation is 2. The van der Waals surface area contributed by atoms with E-state index in [1.54, 1.807) is 12.1 Å². The van der Waals surface area contributed by atoms with Crippen LogP contribution >= 0.6 is 0 Å². The molecule has 0 aliphatic rings. The summed E-state index contributed by atoms with van der Waals surface area (Å²) in [7, 11) is 0. The average molecular weight is 383 g/mol. The molecular weight excluding hydrogens is 358 g/mol. The van der Waals surface area contributed by atoms with Gasteiger partial charge in [-0.3, -0.25) is 4.79 Å². The fraction of sp³-hybridized carbons (Fsp3) is 0.318. The molecule has 6 heteroatoms. The molecule has 0 aliphatic heterocycles. The van der Waals surface area contributed by atoms with Crippen molar-refractivity contribution in [2.24, 2.45) is 5.92 Å². The molecule has 148 valence electrons. The minimum Gasteiger partial charge on any atom is -0.478 e. The van der Waals surface area contributed by atoms with Crippen molar-refractivity contribution in [3.05, 3.63) is 64.7 Å². The highest BCUT2D eigenvalue weighted by atomic mass is 16.5. The first-order chi connectivity index (χ1) is 13.2. The number of carboxylic acids is 1. The molecule has 0 bridgehead atoms. The molecule has 0 unspecified atom stereocenters. The van der Waals surface area contributed by atoms with Crippen LogP contribution in [0, 0.1) is 19.8 Å². The minimum absolute atomic E-state index is 0.0875. The van der Waals surface area contributed by atoms with Gasteiger partial charge in [0.2, 0.25) is 0 Å². The second kappa shape index (κ2) is 9.17. The van der Waals surface area contributed by atoms with Gasteiger partial charge in [-0.25, -0.2) is 9.59 Å². The smallest absolute Gasteiger partial charge is 0.335 e. The first-order valence-corrected chi connectivity index (χ1v) is 9.10. The molecule has 0 saturated heterocycles. The number of ether oxygens (including phenoxy) is 1. The van der Waals surface area contributed by atoms with E-state index in [9.17, 15) is 14.4 Å². The third kappa shape index (κ3) is 5.94. The molecule has 1 atom stereocenters. The highest BCUT2D eigenvalue weighted by Crippen LogP contribution is 2.18. The van der Waals surface area contributed by atoms with Crippen LogP contribution in [-0.2, 0) is 4.79 Å². The van der Waals surface area contributed by atoms with Gasteiger partial charge in [0, 0.05) is 5.56 Å². The summed E-state index contributed by atoms with van der Waals surface area (Å²) < 4.78 is 5.50. The molecule has 1 amide bonds. The van der Waals surface area contributed by atoms with E-state index in [0.29, 0.717) is 12.2 Å². The number of carbonyl (C=O) groups is 3. The van der Waals surface area contributed by atoms with Crippen molar-refractivity contribution in [1.29, 1.82) is 0 Å². The second-order valence-corrected chi connectivity index (χ2v) is 7.28. The number of benzene rings is 2. The molecule has 2 aromatic rings. The number of hydrogen-bond acceptors (Lipinski definition) is 4. The van der Waals surface area contributed by atoms with Gasteiger partial charge in [0.15, 0.2) is 0 Å². The maximum atomic E-state index is 12.7. The molecule has 0 radical (unpaired) electrons. The molecule has 2 rings (SSSR count). The number of nitrogens with one attached hydrogen (secondary N) is 1. The number of esters is 1. The lowest BCUT2D eigenvalue weighted by Gasteiger charge is -2.19. The van der Waals surface area contributed by atoms with Gasteiger partial charge in [-0.2, -0.15) is 0 Å². The highest BCUT2D eigenvalue weighted by molar-refractivity contribution is 5.98. The van der Waals surface area contributed by atoms with E-state index >= 15 is 0 Å². The van der Waals surface area contributed by atoms with Gasteiger partial charge in [-0.1, -0.05) is 19.9 Å². The molecule has 0 aliphatic carbocycles. The number of rotatable bonds is 7. The summed E-state index contributed by atoms with van der Waals surface area (Å²) in [6, 6.07) is 10.2. The molecule has 0 fully saturated rings. The summed E-state index contributed by atoms with van der Waals surface area (Å²) in [6.45, 7) is 7.73. The Morgan fingerprint density at radius 1 is 0.964 bits per heavy atom. The lowest BCUT2D eigenvalue weighted by Crippen LogP contribution is -2.43. The normalized spacial score (nSPS) is 11.8. The quantitative estimate of drug-likeness (QED) is 0.561. The predicted octanol–water partition coefficient (Wildman–Crippen LogP) is 3.75. The Kier molecular flexibility index (Phi) is 6.93. The van der Waals surface area contributed by atoms with Crippen LogP contribution in [0.2, 0.25) is 0 Å². The Balaban J connectivity index is 2.14. The molecule has 0 heterocycles. The van der Waals surface area contributed by atoms with E-state index in [1.807, 2.05) is 33.8 Å². The molecule has 0 aromatic heterocycles. The second-order valence-electron chi connectivity index (χ2n) is 7.28. The summed E-state index contributed by atoms with van der Waals surface area (Å²) >= 11 is 0. The number of carboxylic acid groups (broad SMARTS) is 1. The number of hydrogen-bond donors (Lipinski definition) is 2. The Labute approximate surface area is 164 Å². The zero-order valence-corrected chi connectivity index (χ0v) is 16.5. The summed E-state index contributed by atoms with van der Waals surface area (Å²) in [4.78, 5) is 36.1. The van der Waals surface area contributed by atoms with Crippen molar-refractivity contribution in [3.63, 3.8) is 0 Å². The van der Waals surface area contributed by atoms with Crippen LogP contribution in [0.4, 0.5) is 0 Å². The van der Waals surface area contributed by atoms with Crippen LogP contribution in [0.25, 0.3) is 0 Å². The summed E-state index contributed by atoms with van der Waals surface area (Å²) in [6.07, 6.45) is 0.419. The fourth-order valence-electron chi connectivity index (χ4n) is 2.87. The van der Waals surface area contributed by atoms with Gasteiger partial charge in [0.25, 0.3) is 5.91 Å². The third-order valence-electron chi connectivity index (χ3n) is 4.10. The number of carbonyl (C=O) groups excluding carboxylic acids is 2. The zero-order valence-electron chi connectivity index (χ0n) is 16.5. The lowest BCUT2D eigenvalue weighted by molar-refractivity contribution is -0.137. The van der Waals surface area contributed by atoms with Gasteiger partial charge >= 0.3 is 11.9 Å². The van der Waals surface area contributed by atoms with Gasteiger partial charge in [0.05, 0.1) is 5.56 Å². The SMILES string of the molecule is Cc1cc(C)cc(OC(=O)[C@@H](CC(C)C)NC(=O)c2ccc(C(=O)O)cc2)c1. The molecular formula is C22H25NO5. The topological polar surface area (TPSA) is 92.7 Å². The Morgan fingerprint density at radius 3 is 2.00 bits per heavy atom. The molecule has 0 saturated carbocycles. The van der Waals surface area contributed by atoms with Crippen molar-refractivity contribution < 1.29 is 24.2 Å². The monoisotopic (exact) mass is 383 g/mol. The van der Waals surface area contributed by atoms with E-state index in [1.165, 1.54) is 24.3 Å². The number of amides is 1. The zero-order chi connectivity index (χ0) is 20.8. The molecule has 6 nitrogen and oxygen atoms in total. The fourth-order valence-corrected chi connectivity index (χ4v) is 2.87. The Hall–Kier alpha value is -3.15. The molecule has 28 heavy (non-hydrogen) atoms. The van der Waals surface area contributed by atoms with Crippen molar-refractivity contribution >= 4 is 17.8 Å². The standard InChI is InChI=1S/C22H25NO5/c1-13(2)9-19(22(27)28-18-11-14(3)10-15(4)12-18)23-20(24)16-5-7-17(8-6-16)21(25)26/h5-8,10-13,19H,9H2,1-4H3,(H,23,24)(H,25,26)/t19-/m1/s1. The summed E-state index contributed by atoms with van der Waals surface area (Å²) in [5.74, 6) is -1.46. The third-order valence-corrected chi connectivity index (χ3v) is 4.10. The lowest BCUT2D eigenvalue weighted by atomic mass is 10.0. The van der Waals surface area contributed by atoms with Gasteiger partial charge in [-0.05, 0) is 73.7 Å². The average Bonchev–Trinajstić information content (AvgIpc) is 2.59. The highest BCUT2D eigenvalue weighted by Gasteiger charge is 2.25. The van der Waals surface area contributed by atoms with Crippen LogP contribution in [-0.4, -0.2) is 29.0 Å². The molecule has 2 N–H and O–H groups in total.